The molecule has 1 saturated heterocycles. The van der Waals surface area contributed by atoms with E-state index in [1.807, 2.05) is 36.1 Å². The van der Waals surface area contributed by atoms with Gasteiger partial charge in [0, 0.05) is 30.0 Å². The lowest BCUT2D eigenvalue weighted by Gasteiger charge is -2.17. The van der Waals surface area contributed by atoms with Crippen LogP contribution in [0, 0.1) is 6.92 Å². The highest BCUT2D eigenvalue weighted by Gasteiger charge is 2.21. The first kappa shape index (κ1) is 12.7. The number of aromatic amines is 1. The van der Waals surface area contributed by atoms with E-state index in [4.69, 9.17) is 0 Å². The minimum Gasteiger partial charge on any atom is -0.379 e. The van der Waals surface area contributed by atoms with Gasteiger partial charge in [0.05, 0.1) is 18.6 Å². The molecule has 0 atom stereocenters. The second-order valence-corrected chi connectivity index (χ2v) is 5.03. The molecule has 0 spiro atoms. The van der Waals surface area contributed by atoms with Gasteiger partial charge in [-0.05, 0) is 31.5 Å². The summed E-state index contributed by atoms with van der Waals surface area (Å²) in [4.78, 5) is 20.9. The normalized spacial score (nSPS) is 14.8. The smallest absolute Gasteiger partial charge is 0.227 e. The molecule has 5 heteroatoms. The predicted octanol–water partition coefficient (Wildman–Crippen LogP) is 2.46. The van der Waals surface area contributed by atoms with E-state index < -0.39 is 0 Å². The van der Waals surface area contributed by atoms with E-state index in [0.717, 1.165) is 35.7 Å². The summed E-state index contributed by atoms with van der Waals surface area (Å²) in [5.41, 5.74) is 4.05. The minimum absolute atomic E-state index is 0.213. The van der Waals surface area contributed by atoms with Crippen LogP contribution in [0.5, 0.6) is 0 Å². The van der Waals surface area contributed by atoms with Crippen LogP contribution in [0.3, 0.4) is 0 Å². The molecule has 0 aliphatic carbocycles. The van der Waals surface area contributed by atoms with Crippen LogP contribution in [0.2, 0.25) is 0 Å². The molecule has 20 heavy (non-hydrogen) atoms. The Labute approximate surface area is 118 Å². The maximum Gasteiger partial charge on any atom is 0.227 e. The van der Waals surface area contributed by atoms with Crippen molar-refractivity contribution in [3.63, 3.8) is 0 Å². The summed E-state index contributed by atoms with van der Waals surface area (Å²) < 4.78 is 0. The molecule has 1 aliphatic rings. The van der Waals surface area contributed by atoms with E-state index in [1.165, 1.54) is 0 Å². The van der Waals surface area contributed by atoms with E-state index in [-0.39, 0.29) is 5.91 Å². The maximum absolute atomic E-state index is 11.8. The Bertz CT molecular complexity index is 620. The van der Waals surface area contributed by atoms with Crippen molar-refractivity contribution in [1.82, 2.24) is 9.97 Å². The molecule has 2 N–H and O–H groups in total. The Morgan fingerprint density at radius 2 is 2.35 bits per heavy atom. The van der Waals surface area contributed by atoms with Gasteiger partial charge in [0.1, 0.15) is 0 Å². The van der Waals surface area contributed by atoms with E-state index >= 15 is 0 Å². The number of amides is 1. The third-order valence-electron chi connectivity index (χ3n) is 3.63. The number of nitrogens with zero attached hydrogens (tertiary/aromatic N) is 2. The summed E-state index contributed by atoms with van der Waals surface area (Å²) in [6.07, 6.45) is 3.30. The van der Waals surface area contributed by atoms with E-state index in [0.29, 0.717) is 13.0 Å². The first-order valence-electron chi connectivity index (χ1n) is 6.87. The number of hydrogen-bond acceptors (Lipinski definition) is 3. The molecule has 1 amide bonds. The van der Waals surface area contributed by atoms with Crippen molar-refractivity contribution in [2.45, 2.75) is 26.3 Å². The number of aromatic nitrogens is 2. The van der Waals surface area contributed by atoms with E-state index in [1.54, 1.807) is 6.33 Å². The Morgan fingerprint density at radius 1 is 1.45 bits per heavy atom. The Kier molecular flexibility index (Phi) is 3.41. The second kappa shape index (κ2) is 5.36. The quantitative estimate of drug-likeness (QED) is 0.897. The Balaban J connectivity index is 1.71. The summed E-state index contributed by atoms with van der Waals surface area (Å²) >= 11 is 0. The number of rotatable bonds is 4. The van der Waals surface area contributed by atoms with Crippen molar-refractivity contribution in [2.24, 2.45) is 0 Å². The molecular formula is C15H18N4O. The summed E-state index contributed by atoms with van der Waals surface area (Å²) in [6, 6.07) is 7.98. The first-order valence-corrected chi connectivity index (χ1v) is 6.87. The summed E-state index contributed by atoms with van der Waals surface area (Å²) in [7, 11) is 0. The molecule has 2 aromatic rings. The number of hydrogen-bond donors (Lipinski definition) is 2. The van der Waals surface area contributed by atoms with Crippen molar-refractivity contribution in [1.29, 1.82) is 0 Å². The molecule has 1 aromatic carbocycles. The van der Waals surface area contributed by atoms with Crippen molar-refractivity contribution in [3.8, 4) is 0 Å². The van der Waals surface area contributed by atoms with Crippen molar-refractivity contribution < 1.29 is 4.79 Å². The number of anilines is 2. The van der Waals surface area contributed by atoms with Crippen LogP contribution in [0.4, 0.5) is 11.4 Å². The zero-order valence-electron chi connectivity index (χ0n) is 11.5. The van der Waals surface area contributed by atoms with Crippen LogP contribution in [0.25, 0.3) is 0 Å². The molecule has 2 heterocycles. The topological polar surface area (TPSA) is 61.0 Å². The van der Waals surface area contributed by atoms with Crippen LogP contribution < -0.4 is 10.2 Å². The number of benzene rings is 1. The molecule has 104 valence electrons. The van der Waals surface area contributed by atoms with E-state index in [2.05, 4.69) is 15.3 Å². The molecule has 3 rings (SSSR count). The van der Waals surface area contributed by atoms with Gasteiger partial charge in [0.2, 0.25) is 5.91 Å². The fourth-order valence-electron chi connectivity index (χ4n) is 2.46. The van der Waals surface area contributed by atoms with Crippen LogP contribution in [-0.4, -0.2) is 22.4 Å². The van der Waals surface area contributed by atoms with Gasteiger partial charge in [-0.1, -0.05) is 6.07 Å². The standard InChI is InChI=1S/C15H18N4O/c1-11-14(18-10-17-11)9-16-12-4-2-5-13(8-12)19-7-3-6-15(19)20/h2,4-5,8,10,16H,3,6-7,9H2,1H3,(H,17,18). The number of carbonyl (C=O) groups is 1. The summed E-state index contributed by atoms with van der Waals surface area (Å²) in [5, 5.41) is 3.35. The highest BCUT2D eigenvalue weighted by atomic mass is 16.2. The molecule has 1 fully saturated rings. The lowest BCUT2D eigenvalue weighted by molar-refractivity contribution is -0.117. The molecule has 0 radical (unpaired) electrons. The highest BCUT2D eigenvalue weighted by Crippen LogP contribution is 2.24. The lowest BCUT2D eigenvalue weighted by Crippen LogP contribution is -2.23. The first-order chi connectivity index (χ1) is 9.74. The summed E-state index contributed by atoms with van der Waals surface area (Å²) in [5.74, 6) is 0.213. The number of H-pyrrole nitrogens is 1. The van der Waals surface area contributed by atoms with Gasteiger partial charge >= 0.3 is 0 Å². The van der Waals surface area contributed by atoms with E-state index in [9.17, 15) is 4.79 Å². The minimum atomic E-state index is 0.213. The Morgan fingerprint density at radius 3 is 3.05 bits per heavy atom. The van der Waals surface area contributed by atoms with Gasteiger partial charge in [-0.3, -0.25) is 4.79 Å². The number of carbonyl (C=O) groups excluding carboxylic acids is 1. The molecule has 1 aliphatic heterocycles. The highest BCUT2D eigenvalue weighted by molar-refractivity contribution is 5.95. The number of imidazole rings is 1. The van der Waals surface area contributed by atoms with Gasteiger partial charge in [0.25, 0.3) is 0 Å². The largest absolute Gasteiger partial charge is 0.379 e. The fourth-order valence-corrected chi connectivity index (χ4v) is 2.46. The van der Waals surface area contributed by atoms with Gasteiger partial charge in [0.15, 0.2) is 0 Å². The van der Waals surface area contributed by atoms with Crippen LogP contribution in [0.1, 0.15) is 24.2 Å². The van der Waals surface area contributed by atoms with Crippen LogP contribution in [0.15, 0.2) is 30.6 Å². The average molecular weight is 270 g/mol. The molecule has 1 aromatic heterocycles. The number of nitrogens with one attached hydrogen (secondary N) is 2. The monoisotopic (exact) mass is 270 g/mol. The maximum atomic E-state index is 11.8. The van der Waals surface area contributed by atoms with Gasteiger partial charge in [-0.2, -0.15) is 0 Å². The van der Waals surface area contributed by atoms with Crippen molar-refractivity contribution in [3.05, 3.63) is 42.0 Å². The molecule has 0 unspecified atom stereocenters. The van der Waals surface area contributed by atoms with Gasteiger partial charge < -0.3 is 15.2 Å². The van der Waals surface area contributed by atoms with Crippen LogP contribution >= 0.6 is 0 Å². The van der Waals surface area contributed by atoms with Crippen LogP contribution in [-0.2, 0) is 11.3 Å². The molecule has 0 saturated carbocycles. The third-order valence-corrected chi connectivity index (χ3v) is 3.63. The molecule has 0 bridgehead atoms. The Hall–Kier alpha value is -2.30. The number of aryl methyl sites for hydroxylation is 1. The average Bonchev–Trinajstić information content (AvgIpc) is 3.05. The second-order valence-electron chi connectivity index (χ2n) is 5.03. The zero-order valence-corrected chi connectivity index (χ0v) is 11.5. The molecule has 5 nitrogen and oxygen atoms in total. The summed E-state index contributed by atoms with van der Waals surface area (Å²) in [6.45, 7) is 3.50. The SMILES string of the molecule is Cc1[nH]cnc1CNc1cccc(N2CCCC2=O)c1. The third kappa shape index (κ3) is 2.52. The molecular weight excluding hydrogens is 252 g/mol. The van der Waals surface area contributed by atoms with Gasteiger partial charge in [-0.25, -0.2) is 4.98 Å². The predicted molar refractivity (Wildman–Crippen MR) is 78.7 cm³/mol. The van der Waals surface area contributed by atoms with Crippen molar-refractivity contribution in [2.75, 3.05) is 16.8 Å². The fraction of sp³-hybridized carbons (Fsp3) is 0.333. The lowest BCUT2D eigenvalue weighted by atomic mass is 10.2. The van der Waals surface area contributed by atoms with Gasteiger partial charge in [-0.15, -0.1) is 0 Å². The zero-order chi connectivity index (χ0) is 13.9. The van der Waals surface area contributed by atoms with Crippen molar-refractivity contribution >= 4 is 17.3 Å².